The second-order valence-electron chi connectivity index (χ2n) is 10.9. The van der Waals surface area contributed by atoms with Crippen molar-refractivity contribution in [1.29, 1.82) is 5.41 Å². The SMILES string of the molecule is COc1cc2nc(-c3cccc(-c4ccccc4)c3)nc(Nc3ccc(N)c(C=N)c3)c2cc1OCC(=O)N1CCN(C)CC1. The van der Waals surface area contributed by atoms with Gasteiger partial charge in [0.05, 0.1) is 12.6 Å². The molecule has 0 atom stereocenters. The number of carbonyl (C=O) groups excluding carboxylic acids is 1. The molecular formula is C35H35N7O3. The van der Waals surface area contributed by atoms with Crippen LogP contribution in [-0.2, 0) is 4.79 Å². The molecule has 6 rings (SSSR count). The number of fused-ring (bicyclic) bond motifs is 1. The monoisotopic (exact) mass is 601 g/mol. The lowest BCUT2D eigenvalue weighted by Crippen LogP contribution is -2.48. The number of benzene rings is 4. The number of anilines is 3. The summed E-state index contributed by atoms with van der Waals surface area (Å²) in [6.07, 6.45) is 1.22. The van der Waals surface area contributed by atoms with Crippen LogP contribution in [0.2, 0.25) is 0 Å². The normalized spacial score (nSPS) is 13.4. The van der Waals surface area contributed by atoms with Crippen molar-refractivity contribution in [2.24, 2.45) is 0 Å². The van der Waals surface area contributed by atoms with Crippen LogP contribution in [0.4, 0.5) is 17.2 Å². The molecule has 4 N–H and O–H groups in total. The molecular weight excluding hydrogens is 566 g/mol. The van der Waals surface area contributed by atoms with E-state index in [2.05, 4.69) is 34.5 Å². The summed E-state index contributed by atoms with van der Waals surface area (Å²) >= 11 is 0. The fourth-order valence-electron chi connectivity index (χ4n) is 5.30. The van der Waals surface area contributed by atoms with E-state index in [1.807, 2.05) is 48.3 Å². The Kier molecular flexibility index (Phi) is 8.56. The lowest BCUT2D eigenvalue weighted by atomic mass is 10.0. The highest BCUT2D eigenvalue weighted by molar-refractivity contribution is 5.95. The van der Waals surface area contributed by atoms with Crippen molar-refractivity contribution in [1.82, 2.24) is 19.8 Å². The second kappa shape index (κ2) is 13.0. The van der Waals surface area contributed by atoms with Crippen molar-refractivity contribution in [2.45, 2.75) is 0 Å². The van der Waals surface area contributed by atoms with Gasteiger partial charge in [0.2, 0.25) is 0 Å². The van der Waals surface area contributed by atoms with Gasteiger partial charge in [0.15, 0.2) is 23.9 Å². The third kappa shape index (κ3) is 6.56. The van der Waals surface area contributed by atoms with Crippen molar-refractivity contribution >= 4 is 40.2 Å². The highest BCUT2D eigenvalue weighted by Crippen LogP contribution is 2.37. The number of nitrogens with two attached hydrogens (primary N) is 1. The Morgan fingerprint density at radius 1 is 0.911 bits per heavy atom. The molecule has 10 nitrogen and oxygen atoms in total. The summed E-state index contributed by atoms with van der Waals surface area (Å²) in [6, 6.07) is 27.2. The number of aromatic nitrogens is 2. The molecule has 1 saturated heterocycles. The second-order valence-corrected chi connectivity index (χ2v) is 10.9. The maximum atomic E-state index is 12.9. The van der Waals surface area contributed by atoms with Gasteiger partial charge in [-0.25, -0.2) is 9.97 Å². The lowest BCUT2D eigenvalue weighted by molar-refractivity contribution is -0.134. The predicted molar refractivity (Wildman–Crippen MR) is 179 cm³/mol. The molecule has 1 aliphatic rings. The number of likely N-dealkylation sites (N-methyl/N-ethyl adjacent to an activating group) is 1. The molecule has 2 heterocycles. The van der Waals surface area contributed by atoms with Gasteiger partial charge in [-0.15, -0.1) is 0 Å². The van der Waals surface area contributed by atoms with Crippen LogP contribution in [0.25, 0.3) is 33.4 Å². The minimum atomic E-state index is -0.111. The Balaban J connectivity index is 1.40. The molecule has 10 heteroatoms. The average molecular weight is 602 g/mol. The number of nitrogen functional groups attached to an aromatic ring is 1. The van der Waals surface area contributed by atoms with E-state index in [0.29, 0.717) is 64.1 Å². The van der Waals surface area contributed by atoms with Gasteiger partial charge in [0, 0.05) is 66.3 Å². The van der Waals surface area contributed by atoms with Crippen LogP contribution in [0.15, 0.2) is 84.9 Å². The Bertz CT molecular complexity index is 1850. The first-order chi connectivity index (χ1) is 21.9. The molecule has 45 heavy (non-hydrogen) atoms. The van der Waals surface area contributed by atoms with E-state index in [-0.39, 0.29) is 12.5 Å². The van der Waals surface area contributed by atoms with Gasteiger partial charge in [-0.1, -0.05) is 48.5 Å². The van der Waals surface area contributed by atoms with E-state index >= 15 is 0 Å². The number of methoxy groups -OCH3 is 1. The molecule has 0 bridgehead atoms. The number of hydrogen-bond donors (Lipinski definition) is 3. The van der Waals surface area contributed by atoms with E-state index in [1.54, 1.807) is 31.4 Å². The highest BCUT2D eigenvalue weighted by Gasteiger charge is 2.21. The average Bonchev–Trinajstić information content (AvgIpc) is 3.08. The van der Waals surface area contributed by atoms with Crippen LogP contribution in [0.1, 0.15) is 5.56 Å². The van der Waals surface area contributed by atoms with Crippen LogP contribution < -0.4 is 20.5 Å². The molecule has 0 unspecified atom stereocenters. The van der Waals surface area contributed by atoms with Crippen molar-refractivity contribution in [3.8, 4) is 34.0 Å². The van der Waals surface area contributed by atoms with E-state index < -0.39 is 0 Å². The first kappa shape index (κ1) is 29.6. The summed E-state index contributed by atoms with van der Waals surface area (Å²) in [5.41, 5.74) is 11.5. The number of carbonyl (C=O) groups is 1. The number of piperazine rings is 1. The fraction of sp³-hybridized carbons (Fsp3) is 0.200. The summed E-state index contributed by atoms with van der Waals surface area (Å²) in [6.45, 7) is 2.89. The molecule has 0 saturated carbocycles. The molecule has 0 aliphatic carbocycles. The number of nitrogens with zero attached hydrogens (tertiary/aromatic N) is 4. The van der Waals surface area contributed by atoms with Gasteiger partial charge >= 0.3 is 0 Å². The summed E-state index contributed by atoms with van der Waals surface area (Å²) in [4.78, 5) is 26.9. The maximum absolute atomic E-state index is 12.9. The van der Waals surface area contributed by atoms with E-state index in [4.69, 9.17) is 30.6 Å². The summed E-state index contributed by atoms with van der Waals surface area (Å²) in [5.74, 6) is 1.84. The standard InChI is InChI=1S/C35H35N7O3/c1-41-13-15-42(16-14-41)33(43)22-45-32-19-28-30(20-31(32)44-2)39-34(25-10-6-9-24(17-25)23-7-4-3-5-8-23)40-35(28)38-27-11-12-29(37)26(18-27)21-36/h3-12,17-21,36H,13-16,22,37H2,1-2H3,(H,38,39,40). The van der Waals surface area contributed by atoms with Crippen LogP contribution in [0.3, 0.4) is 0 Å². The van der Waals surface area contributed by atoms with Crippen LogP contribution in [0.5, 0.6) is 11.5 Å². The maximum Gasteiger partial charge on any atom is 0.260 e. The number of ether oxygens (including phenoxy) is 2. The molecule has 0 spiro atoms. The van der Waals surface area contributed by atoms with Gasteiger partial charge in [0.1, 0.15) is 5.82 Å². The Hall–Kier alpha value is -5.48. The Morgan fingerprint density at radius 2 is 1.67 bits per heavy atom. The number of rotatable bonds is 9. The van der Waals surface area contributed by atoms with Crippen molar-refractivity contribution < 1.29 is 14.3 Å². The lowest BCUT2D eigenvalue weighted by Gasteiger charge is -2.32. The third-order valence-corrected chi connectivity index (χ3v) is 7.92. The first-order valence-corrected chi connectivity index (χ1v) is 14.7. The zero-order chi connectivity index (χ0) is 31.3. The first-order valence-electron chi connectivity index (χ1n) is 14.7. The molecule has 4 aromatic carbocycles. The molecule has 1 fully saturated rings. The van der Waals surface area contributed by atoms with Crippen LogP contribution >= 0.6 is 0 Å². The minimum absolute atomic E-state index is 0.0745. The Morgan fingerprint density at radius 3 is 2.42 bits per heavy atom. The van der Waals surface area contributed by atoms with E-state index in [1.165, 1.54) is 6.21 Å². The molecule has 1 amide bonds. The smallest absolute Gasteiger partial charge is 0.260 e. The van der Waals surface area contributed by atoms with Gasteiger partial charge in [-0.05, 0) is 48.5 Å². The van der Waals surface area contributed by atoms with Crippen LogP contribution in [-0.4, -0.2) is 78.8 Å². The predicted octanol–water partition coefficient (Wildman–Crippen LogP) is 5.45. The number of nitrogens with one attached hydrogen (secondary N) is 2. The molecule has 0 radical (unpaired) electrons. The van der Waals surface area contributed by atoms with E-state index in [0.717, 1.165) is 29.8 Å². The molecule has 228 valence electrons. The zero-order valence-electron chi connectivity index (χ0n) is 25.3. The summed E-state index contributed by atoms with van der Waals surface area (Å²) in [7, 11) is 3.61. The quantitative estimate of drug-likeness (QED) is 0.150. The molecule has 1 aliphatic heterocycles. The summed E-state index contributed by atoms with van der Waals surface area (Å²) in [5, 5.41) is 11.8. The van der Waals surface area contributed by atoms with E-state index in [9.17, 15) is 4.79 Å². The van der Waals surface area contributed by atoms with Crippen molar-refractivity contribution in [3.63, 3.8) is 0 Å². The molecule has 1 aromatic heterocycles. The van der Waals surface area contributed by atoms with Crippen molar-refractivity contribution in [2.75, 3.05) is 58.0 Å². The largest absolute Gasteiger partial charge is 0.493 e. The fourth-order valence-corrected chi connectivity index (χ4v) is 5.30. The van der Waals surface area contributed by atoms with Crippen LogP contribution in [0, 0.1) is 5.41 Å². The number of hydrogen-bond acceptors (Lipinski definition) is 9. The minimum Gasteiger partial charge on any atom is -0.493 e. The zero-order valence-corrected chi connectivity index (χ0v) is 25.3. The van der Waals surface area contributed by atoms with Gasteiger partial charge in [-0.3, -0.25) is 4.79 Å². The molecule has 5 aromatic rings. The number of amides is 1. The van der Waals surface area contributed by atoms with Gasteiger partial charge in [-0.2, -0.15) is 0 Å². The topological polar surface area (TPSA) is 130 Å². The van der Waals surface area contributed by atoms with Crippen molar-refractivity contribution in [3.05, 3.63) is 90.5 Å². The highest BCUT2D eigenvalue weighted by atomic mass is 16.5. The summed E-state index contributed by atoms with van der Waals surface area (Å²) < 4.78 is 11.7. The third-order valence-electron chi connectivity index (χ3n) is 7.92. The Labute approximate surface area is 261 Å². The van der Waals surface area contributed by atoms with Gasteiger partial charge < -0.3 is 35.7 Å². The van der Waals surface area contributed by atoms with Gasteiger partial charge in [0.25, 0.3) is 5.91 Å².